The quantitative estimate of drug-likeness (QED) is 0.188. The minimum atomic E-state index is 0.587. The van der Waals surface area contributed by atoms with Gasteiger partial charge in [0.05, 0.1) is 11.0 Å². The van der Waals surface area contributed by atoms with Crippen LogP contribution in [0.4, 0.5) is 0 Å². The zero-order chi connectivity index (χ0) is 33.0. The van der Waals surface area contributed by atoms with Crippen molar-refractivity contribution in [2.24, 2.45) is 0 Å². The molecule has 0 aliphatic heterocycles. The van der Waals surface area contributed by atoms with E-state index in [1.54, 1.807) is 0 Å². The average Bonchev–Trinajstić information content (AvgIpc) is 3.73. The van der Waals surface area contributed by atoms with Crippen molar-refractivity contribution in [3.63, 3.8) is 0 Å². The van der Waals surface area contributed by atoms with Gasteiger partial charge in [-0.15, -0.1) is 0 Å². The minimum absolute atomic E-state index is 0.587. The highest BCUT2D eigenvalue weighted by Gasteiger charge is 2.17. The van der Waals surface area contributed by atoms with Crippen molar-refractivity contribution in [1.29, 1.82) is 0 Å². The number of aromatic nitrogens is 4. The molecule has 7 aromatic carbocycles. The molecule has 0 saturated heterocycles. The molecule has 5 nitrogen and oxygen atoms in total. The second kappa shape index (κ2) is 11.4. The van der Waals surface area contributed by atoms with Crippen molar-refractivity contribution in [2.75, 3.05) is 0 Å². The lowest BCUT2D eigenvalue weighted by Crippen LogP contribution is -2.01. The molecule has 0 aliphatic carbocycles. The first-order chi connectivity index (χ1) is 24.8. The van der Waals surface area contributed by atoms with Gasteiger partial charge in [-0.1, -0.05) is 121 Å². The lowest BCUT2D eigenvalue weighted by molar-refractivity contribution is 0.669. The van der Waals surface area contributed by atoms with Crippen LogP contribution in [0.5, 0.6) is 0 Å². The Labute approximate surface area is 287 Å². The molecule has 0 atom stereocenters. The Morgan fingerprint density at radius 3 is 1.46 bits per heavy atom. The summed E-state index contributed by atoms with van der Waals surface area (Å²) in [6.07, 6.45) is 0. The SMILES string of the molecule is c1ccc(-c2ccc3c(c2)oc2cc(-c4nc(-c5ccccc5)nc(-c5cccc(-n6c7ccccc7c7ccccc76)c5)n4)ccc23)cc1. The van der Waals surface area contributed by atoms with E-state index >= 15 is 0 Å². The van der Waals surface area contributed by atoms with Crippen molar-refractivity contribution in [2.45, 2.75) is 0 Å². The van der Waals surface area contributed by atoms with E-state index in [0.717, 1.165) is 66.5 Å². The van der Waals surface area contributed by atoms with E-state index in [2.05, 4.69) is 132 Å². The van der Waals surface area contributed by atoms with E-state index in [1.807, 2.05) is 42.5 Å². The van der Waals surface area contributed by atoms with Gasteiger partial charge in [-0.25, -0.2) is 15.0 Å². The van der Waals surface area contributed by atoms with Gasteiger partial charge >= 0.3 is 0 Å². The van der Waals surface area contributed by atoms with Crippen LogP contribution >= 0.6 is 0 Å². The summed E-state index contributed by atoms with van der Waals surface area (Å²) >= 11 is 0. The van der Waals surface area contributed by atoms with E-state index in [-0.39, 0.29) is 0 Å². The Hall–Kier alpha value is -6.85. The van der Waals surface area contributed by atoms with Crippen LogP contribution in [0.15, 0.2) is 174 Å². The standard InChI is InChI=1S/C45H28N4O/c1-3-12-29(13-4-1)31-22-24-37-38-25-23-33(28-42(38)50-41(37)27-31)45-47-43(30-14-5-2-6-15-30)46-44(48-45)32-16-11-17-34(26-32)49-39-20-9-7-18-35(39)36-19-8-10-21-40(36)49/h1-28H. The van der Waals surface area contributed by atoms with E-state index in [1.165, 1.54) is 10.8 Å². The first-order valence-corrected chi connectivity index (χ1v) is 16.7. The Kier molecular flexibility index (Phi) is 6.42. The summed E-state index contributed by atoms with van der Waals surface area (Å²) in [5, 5.41) is 4.58. The highest BCUT2D eigenvalue weighted by Crippen LogP contribution is 2.36. The van der Waals surface area contributed by atoms with Crippen molar-refractivity contribution >= 4 is 43.7 Å². The van der Waals surface area contributed by atoms with Crippen LogP contribution in [0, 0.1) is 0 Å². The third kappa shape index (κ3) is 4.67. The monoisotopic (exact) mass is 640 g/mol. The van der Waals surface area contributed by atoms with Gasteiger partial charge in [0.2, 0.25) is 0 Å². The number of fused-ring (bicyclic) bond motifs is 6. The molecule has 0 radical (unpaired) electrons. The molecule has 0 N–H and O–H groups in total. The maximum atomic E-state index is 6.46. The van der Waals surface area contributed by atoms with Crippen molar-refractivity contribution in [3.8, 4) is 51.0 Å². The molecular weight excluding hydrogens is 613 g/mol. The number of nitrogens with zero attached hydrogens (tertiary/aromatic N) is 4. The molecular formula is C45H28N4O. The molecule has 3 aromatic heterocycles. The Morgan fingerprint density at radius 1 is 0.340 bits per heavy atom. The van der Waals surface area contributed by atoms with Crippen LogP contribution < -0.4 is 0 Å². The van der Waals surface area contributed by atoms with Crippen LogP contribution in [0.1, 0.15) is 0 Å². The second-order valence-electron chi connectivity index (χ2n) is 12.5. The van der Waals surface area contributed by atoms with Crippen LogP contribution in [-0.2, 0) is 0 Å². The summed E-state index contributed by atoms with van der Waals surface area (Å²) in [4.78, 5) is 15.1. The molecule has 0 unspecified atom stereocenters. The molecule has 0 spiro atoms. The first kappa shape index (κ1) is 28.2. The van der Waals surface area contributed by atoms with E-state index in [9.17, 15) is 0 Å². The molecule has 10 rings (SSSR count). The number of furan rings is 1. The fourth-order valence-electron chi connectivity index (χ4n) is 7.06. The molecule has 0 saturated carbocycles. The fraction of sp³-hybridized carbons (Fsp3) is 0. The predicted molar refractivity (Wildman–Crippen MR) is 203 cm³/mol. The van der Waals surface area contributed by atoms with E-state index < -0.39 is 0 Å². The molecule has 234 valence electrons. The van der Waals surface area contributed by atoms with Gasteiger partial charge in [0, 0.05) is 43.9 Å². The third-order valence-electron chi connectivity index (χ3n) is 9.45. The van der Waals surface area contributed by atoms with Gasteiger partial charge in [-0.2, -0.15) is 0 Å². The Balaban J connectivity index is 1.12. The van der Waals surface area contributed by atoms with Crippen molar-refractivity contribution in [1.82, 2.24) is 19.5 Å². The lowest BCUT2D eigenvalue weighted by Gasteiger charge is -2.11. The van der Waals surface area contributed by atoms with Crippen LogP contribution in [0.3, 0.4) is 0 Å². The van der Waals surface area contributed by atoms with Crippen LogP contribution in [0.2, 0.25) is 0 Å². The second-order valence-corrected chi connectivity index (χ2v) is 12.5. The molecule has 0 fully saturated rings. The average molecular weight is 641 g/mol. The summed E-state index contributed by atoms with van der Waals surface area (Å²) < 4.78 is 8.77. The topological polar surface area (TPSA) is 56.7 Å². The predicted octanol–water partition coefficient (Wildman–Crippen LogP) is 11.5. The molecule has 3 heterocycles. The molecule has 10 aromatic rings. The number of para-hydroxylation sites is 2. The zero-order valence-corrected chi connectivity index (χ0v) is 26.9. The molecule has 0 aliphatic rings. The first-order valence-electron chi connectivity index (χ1n) is 16.7. The summed E-state index contributed by atoms with van der Waals surface area (Å²) in [5.41, 5.74) is 9.96. The number of benzene rings is 7. The van der Waals surface area contributed by atoms with Crippen LogP contribution in [0.25, 0.3) is 94.7 Å². The summed E-state index contributed by atoms with van der Waals surface area (Å²) in [6, 6.07) is 58.6. The lowest BCUT2D eigenvalue weighted by atomic mass is 10.0. The molecule has 50 heavy (non-hydrogen) atoms. The maximum absolute atomic E-state index is 6.46. The van der Waals surface area contributed by atoms with Crippen molar-refractivity contribution < 1.29 is 4.42 Å². The highest BCUT2D eigenvalue weighted by atomic mass is 16.3. The van der Waals surface area contributed by atoms with Gasteiger partial charge in [0.1, 0.15) is 11.2 Å². The Bertz CT molecular complexity index is 2820. The Morgan fingerprint density at radius 2 is 0.820 bits per heavy atom. The van der Waals surface area contributed by atoms with Gasteiger partial charge < -0.3 is 8.98 Å². The van der Waals surface area contributed by atoms with Gasteiger partial charge in [0.25, 0.3) is 0 Å². The molecule has 5 heteroatoms. The maximum Gasteiger partial charge on any atom is 0.164 e. The third-order valence-corrected chi connectivity index (χ3v) is 9.45. The van der Waals surface area contributed by atoms with Crippen LogP contribution in [-0.4, -0.2) is 19.5 Å². The van der Waals surface area contributed by atoms with Crippen molar-refractivity contribution in [3.05, 3.63) is 170 Å². The summed E-state index contributed by atoms with van der Waals surface area (Å²) in [7, 11) is 0. The normalized spacial score (nSPS) is 11.6. The summed E-state index contributed by atoms with van der Waals surface area (Å²) in [5.74, 6) is 1.81. The number of rotatable bonds is 5. The van der Waals surface area contributed by atoms with Gasteiger partial charge in [-0.05, 0) is 59.7 Å². The fourth-order valence-corrected chi connectivity index (χ4v) is 7.06. The highest BCUT2D eigenvalue weighted by molar-refractivity contribution is 6.09. The largest absolute Gasteiger partial charge is 0.456 e. The number of hydrogen-bond donors (Lipinski definition) is 0. The van der Waals surface area contributed by atoms with Gasteiger partial charge in [0.15, 0.2) is 17.5 Å². The molecule has 0 amide bonds. The molecule has 0 bridgehead atoms. The smallest absolute Gasteiger partial charge is 0.164 e. The minimum Gasteiger partial charge on any atom is -0.456 e. The number of hydrogen-bond acceptors (Lipinski definition) is 4. The summed E-state index contributed by atoms with van der Waals surface area (Å²) in [6.45, 7) is 0. The van der Waals surface area contributed by atoms with E-state index in [4.69, 9.17) is 19.4 Å². The zero-order valence-electron chi connectivity index (χ0n) is 26.9. The van der Waals surface area contributed by atoms with E-state index in [0.29, 0.717) is 17.5 Å². The van der Waals surface area contributed by atoms with Gasteiger partial charge in [-0.3, -0.25) is 0 Å².